The largest absolute Gasteiger partial charge is 0.444 e. The Bertz CT molecular complexity index is 305. The highest BCUT2D eigenvalue weighted by atomic mass is 32.2. The summed E-state index contributed by atoms with van der Waals surface area (Å²) >= 11 is 0. The molecule has 0 rings (SSSR count). The summed E-state index contributed by atoms with van der Waals surface area (Å²) in [6.07, 6.45) is -0.283. The normalized spacial score (nSPS) is 12.3. The molecular weight excluding hydrogens is 220 g/mol. The molecule has 0 unspecified atom stereocenters. The van der Waals surface area contributed by atoms with Gasteiger partial charge in [-0.2, -0.15) is 0 Å². The highest BCUT2D eigenvalue weighted by Gasteiger charge is 2.15. The van der Waals surface area contributed by atoms with Gasteiger partial charge in [0, 0.05) is 6.54 Å². The lowest BCUT2D eigenvalue weighted by atomic mass is 10.2. The summed E-state index contributed by atoms with van der Waals surface area (Å²) in [6, 6.07) is 0. The first-order chi connectivity index (χ1) is 6.60. The van der Waals surface area contributed by atoms with E-state index in [1.807, 2.05) is 0 Å². The van der Waals surface area contributed by atoms with Gasteiger partial charge in [-0.1, -0.05) is 0 Å². The first-order valence-corrected chi connectivity index (χ1v) is 6.29. The highest BCUT2D eigenvalue weighted by molar-refractivity contribution is 7.89. The predicted octanol–water partition coefficient (Wildman–Crippen LogP) is 0.190. The van der Waals surface area contributed by atoms with Gasteiger partial charge in [0.2, 0.25) is 10.0 Å². The van der Waals surface area contributed by atoms with Gasteiger partial charge in [-0.3, -0.25) is 0 Å². The zero-order valence-corrected chi connectivity index (χ0v) is 10.1. The van der Waals surface area contributed by atoms with Gasteiger partial charge in [0.05, 0.1) is 5.75 Å². The van der Waals surface area contributed by atoms with Crippen LogP contribution in [0.1, 0.15) is 27.2 Å². The number of carbonyl (C=O) groups excluding carboxylic acids is 1. The first-order valence-electron chi connectivity index (χ1n) is 4.57. The summed E-state index contributed by atoms with van der Waals surface area (Å²) in [5.74, 6) is -0.150. The number of sulfonamides is 1. The monoisotopic (exact) mass is 238 g/mol. The third kappa shape index (κ3) is 11.1. The van der Waals surface area contributed by atoms with Gasteiger partial charge in [-0.15, -0.1) is 0 Å². The zero-order chi connectivity index (χ0) is 12.1. The van der Waals surface area contributed by atoms with Crippen molar-refractivity contribution in [2.24, 2.45) is 5.14 Å². The Hall–Kier alpha value is -0.820. The summed E-state index contributed by atoms with van der Waals surface area (Å²) < 4.78 is 26.0. The van der Waals surface area contributed by atoms with Crippen LogP contribution in [0.5, 0.6) is 0 Å². The number of carbonyl (C=O) groups is 1. The number of hydrogen-bond acceptors (Lipinski definition) is 4. The predicted molar refractivity (Wildman–Crippen MR) is 56.8 cm³/mol. The molecule has 15 heavy (non-hydrogen) atoms. The minimum Gasteiger partial charge on any atom is -0.444 e. The SMILES string of the molecule is CC(C)(C)OC(=O)NCCCS(N)(=O)=O. The van der Waals surface area contributed by atoms with Crippen molar-refractivity contribution in [3.63, 3.8) is 0 Å². The third-order valence-electron chi connectivity index (χ3n) is 1.27. The van der Waals surface area contributed by atoms with Crippen molar-refractivity contribution in [1.29, 1.82) is 0 Å². The van der Waals surface area contributed by atoms with Crippen LogP contribution in [-0.2, 0) is 14.8 Å². The summed E-state index contributed by atoms with van der Waals surface area (Å²) in [5.41, 5.74) is -0.552. The number of rotatable bonds is 4. The molecule has 1 amide bonds. The number of nitrogens with one attached hydrogen (secondary N) is 1. The number of nitrogens with two attached hydrogens (primary N) is 1. The third-order valence-corrected chi connectivity index (χ3v) is 2.13. The maximum atomic E-state index is 11.1. The van der Waals surface area contributed by atoms with E-state index in [4.69, 9.17) is 9.88 Å². The number of primary sulfonamides is 1. The lowest BCUT2D eigenvalue weighted by Gasteiger charge is -2.19. The van der Waals surface area contributed by atoms with Crippen molar-refractivity contribution in [3.8, 4) is 0 Å². The number of ether oxygens (including phenoxy) is 1. The molecule has 0 saturated heterocycles. The van der Waals surface area contributed by atoms with Crippen molar-refractivity contribution >= 4 is 16.1 Å². The minimum atomic E-state index is -3.45. The maximum absolute atomic E-state index is 11.1. The molecule has 90 valence electrons. The van der Waals surface area contributed by atoms with Crippen LogP contribution in [0.2, 0.25) is 0 Å². The highest BCUT2D eigenvalue weighted by Crippen LogP contribution is 2.06. The minimum absolute atomic E-state index is 0.150. The molecule has 0 radical (unpaired) electrons. The molecule has 3 N–H and O–H groups in total. The first kappa shape index (κ1) is 14.2. The fourth-order valence-electron chi connectivity index (χ4n) is 0.778. The van der Waals surface area contributed by atoms with Crippen LogP contribution in [-0.4, -0.2) is 32.4 Å². The molecule has 0 aromatic carbocycles. The fourth-order valence-corrected chi connectivity index (χ4v) is 1.32. The van der Waals surface area contributed by atoms with Crippen molar-refractivity contribution in [3.05, 3.63) is 0 Å². The molecular formula is C8H18N2O4S. The molecule has 0 spiro atoms. The van der Waals surface area contributed by atoms with Gasteiger partial charge < -0.3 is 10.1 Å². The molecule has 0 aromatic heterocycles. The van der Waals surface area contributed by atoms with Crippen molar-refractivity contribution < 1.29 is 17.9 Å². The average molecular weight is 238 g/mol. The summed E-state index contributed by atoms with van der Waals surface area (Å²) in [4.78, 5) is 11.1. The molecule has 0 aromatic rings. The number of alkyl carbamates (subject to hydrolysis) is 1. The molecule has 0 aliphatic rings. The Morgan fingerprint density at radius 2 is 1.93 bits per heavy atom. The molecule has 0 bridgehead atoms. The van der Waals surface area contributed by atoms with Gasteiger partial charge in [-0.05, 0) is 27.2 Å². The fraction of sp³-hybridized carbons (Fsp3) is 0.875. The van der Waals surface area contributed by atoms with E-state index in [1.54, 1.807) is 20.8 Å². The number of hydrogen-bond donors (Lipinski definition) is 2. The zero-order valence-electron chi connectivity index (χ0n) is 9.24. The van der Waals surface area contributed by atoms with Crippen LogP contribution in [0.3, 0.4) is 0 Å². The Kier molecular flexibility index (Phi) is 5.02. The van der Waals surface area contributed by atoms with Crippen LogP contribution >= 0.6 is 0 Å². The standard InChI is InChI=1S/C8H18N2O4S/c1-8(2,3)14-7(11)10-5-4-6-15(9,12)13/h4-6H2,1-3H3,(H,10,11)(H2,9,12,13). The second kappa shape index (κ2) is 5.32. The Morgan fingerprint density at radius 1 is 1.40 bits per heavy atom. The molecule has 0 fully saturated rings. The topological polar surface area (TPSA) is 98.5 Å². The van der Waals surface area contributed by atoms with Gasteiger partial charge in [-0.25, -0.2) is 18.4 Å². The Morgan fingerprint density at radius 3 is 2.33 bits per heavy atom. The van der Waals surface area contributed by atoms with Gasteiger partial charge in [0.25, 0.3) is 0 Å². The van der Waals surface area contributed by atoms with E-state index in [1.165, 1.54) is 0 Å². The molecule has 0 aliphatic heterocycles. The van der Waals surface area contributed by atoms with Crippen molar-refractivity contribution in [1.82, 2.24) is 5.32 Å². The van der Waals surface area contributed by atoms with E-state index >= 15 is 0 Å². The van der Waals surface area contributed by atoms with Crippen LogP contribution in [0.25, 0.3) is 0 Å². The maximum Gasteiger partial charge on any atom is 0.407 e. The smallest absolute Gasteiger partial charge is 0.407 e. The van der Waals surface area contributed by atoms with E-state index in [-0.39, 0.29) is 18.7 Å². The van der Waals surface area contributed by atoms with E-state index in [0.717, 1.165) is 0 Å². The molecule has 0 aliphatic carbocycles. The lowest BCUT2D eigenvalue weighted by Crippen LogP contribution is -2.33. The summed E-state index contributed by atoms with van der Waals surface area (Å²) in [6.45, 7) is 5.47. The molecule has 0 atom stereocenters. The van der Waals surface area contributed by atoms with E-state index in [0.29, 0.717) is 0 Å². The van der Waals surface area contributed by atoms with Crippen LogP contribution in [0.4, 0.5) is 4.79 Å². The molecule has 0 heterocycles. The van der Waals surface area contributed by atoms with E-state index in [2.05, 4.69) is 5.32 Å². The van der Waals surface area contributed by atoms with Gasteiger partial charge in [0.1, 0.15) is 5.60 Å². The molecule has 7 heteroatoms. The second-order valence-electron chi connectivity index (χ2n) is 4.15. The second-order valence-corrected chi connectivity index (χ2v) is 5.88. The lowest BCUT2D eigenvalue weighted by molar-refractivity contribution is 0.0528. The van der Waals surface area contributed by atoms with Crippen LogP contribution in [0, 0.1) is 0 Å². The van der Waals surface area contributed by atoms with E-state index in [9.17, 15) is 13.2 Å². The Balaban J connectivity index is 3.66. The Labute approximate surface area is 90.2 Å². The molecule has 0 saturated carbocycles. The summed E-state index contributed by atoms with van der Waals surface area (Å²) in [7, 11) is -3.45. The summed E-state index contributed by atoms with van der Waals surface area (Å²) in [5, 5.41) is 7.21. The van der Waals surface area contributed by atoms with Crippen LogP contribution in [0.15, 0.2) is 0 Å². The quantitative estimate of drug-likeness (QED) is 0.683. The van der Waals surface area contributed by atoms with Gasteiger partial charge in [0.15, 0.2) is 0 Å². The molecule has 6 nitrogen and oxygen atoms in total. The van der Waals surface area contributed by atoms with Gasteiger partial charge >= 0.3 is 6.09 Å². The van der Waals surface area contributed by atoms with Crippen LogP contribution < -0.4 is 10.5 Å². The average Bonchev–Trinajstić information content (AvgIpc) is 1.92. The van der Waals surface area contributed by atoms with Crippen molar-refractivity contribution in [2.45, 2.75) is 32.8 Å². The van der Waals surface area contributed by atoms with Crippen molar-refractivity contribution in [2.75, 3.05) is 12.3 Å². The van der Waals surface area contributed by atoms with E-state index < -0.39 is 21.7 Å². The number of amides is 1.